The first-order chi connectivity index (χ1) is 12.9. The normalized spacial score (nSPS) is 20.7. The van der Waals surface area contributed by atoms with Crippen LogP contribution in [-0.2, 0) is 25.6 Å². The van der Waals surface area contributed by atoms with E-state index in [4.69, 9.17) is 30.5 Å². The molecule has 0 bridgehead atoms. The highest BCUT2D eigenvalue weighted by Gasteiger charge is 2.39. The fourth-order valence-corrected chi connectivity index (χ4v) is 3.12. The second-order valence-corrected chi connectivity index (χ2v) is 7.51. The van der Waals surface area contributed by atoms with Crippen molar-refractivity contribution in [2.75, 3.05) is 26.9 Å². The van der Waals surface area contributed by atoms with E-state index in [1.54, 1.807) is 13.2 Å². The zero-order valence-corrected chi connectivity index (χ0v) is 16.9. The number of esters is 1. The van der Waals surface area contributed by atoms with E-state index >= 15 is 0 Å². The van der Waals surface area contributed by atoms with Gasteiger partial charge in [0, 0.05) is 26.6 Å². The van der Waals surface area contributed by atoms with Crippen LogP contribution in [0.5, 0.6) is 5.75 Å². The average Bonchev–Trinajstić information content (AvgIpc) is 3.03. The van der Waals surface area contributed by atoms with Crippen molar-refractivity contribution >= 4 is 17.6 Å². The Morgan fingerprint density at radius 3 is 2.78 bits per heavy atom. The van der Waals surface area contributed by atoms with Crippen LogP contribution in [0.2, 0.25) is 5.02 Å². The molecular formula is C20H29ClO6. The molecule has 1 saturated heterocycles. The van der Waals surface area contributed by atoms with Crippen molar-refractivity contribution in [3.05, 3.63) is 28.8 Å². The second-order valence-electron chi connectivity index (χ2n) is 7.10. The Morgan fingerprint density at radius 2 is 2.11 bits per heavy atom. The molecule has 7 heteroatoms. The lowest BCUT2D eigenvalue weighted by Gasteiger charge is -2.17. The maximum Gasteiger partial charge on any atom is 0.309 e. The van der Waals surface area contributed by atoms with Crippen LogP contribution in [0.4, 0.5) is 0 Å². The van der Waals surface area contributed by atoms with Gasteiger partial charge in [0.25, 0.3) is 0 Å². The van der Waals surface area contributed by atoms with Crippen LogP contribution in [0, 0.1) is 11.8 Å². The predicted molar refractivity (Wildman–Crippen MR) is 102 cm³/mol. The number of ether oxygens (including phenoxy) is 4. The predicted octanol–water partition coefficient (Wildman–Crippen LogP) is 3.22. The molecule has 1 fully saturated rings. The van der Waals surface area contributed by atoms with Crippen molar-refractivity contribution in [1.82, 2.24) is 0 Å². The van der Waals surface area contributed by atoms with E-state index in [0.29, 0.717) is 37.0 Å². The Bertz CT molecular complexity index is 606. The summed E-state index contributed by atoms with van der Waals surface area (Å²) in [6, 6.07) is 5.43. The number of methoxy groups -OCH3 is 1. The Kier molecular flexibility index (Phi) is 8.83. The first kappa shape index (κ1) is 22.0. The highest BCUT2D eigenvalue weighted by atomic mass is 35.5. The minimum atomic E-state index is -0.838. The Balaban J connectivity index is 1.78. The average molecular weight is 401 g/mol. The zero-order chi connectivity index (χ0) is 19.8. The summed E-state index contributed by atoms with van der Waals surface area (Å²) >= 11 is 6.15. The van der Waals surface area contributed by atoms with Gasteiger partial charge in [-0.25, -0.2) is 0 Å². The molecule has 6 nitrogen and oxygen atoms in total. The van der Waals surface area contributed by atoms with E-state index in [0.717, 1.165) is 12.0 Å². The maximum absolute atomic E-state index is 11.8. The van der Waals surface area contributed by atoms with Crippen molar-refractivity contribution < 1.29 is 28.8 Å². The topological polar surface area (TPSA) is 74.2 Å². The van der Waals surface area contributed by atoms with Gasteiger partial charge >= 0.3 is 5.97 Å². The maximum atomic E-state index is 11.8. The molecule has 1 aromatic carbocycles. The third-order valence-corrected chi connectivity index (χ3v) is 4.91. The van der Waals surface area contributed by atoms with Gasteiger partial charge < -0.3 is 24.1 Å². The first-order valence-corrected chi connectivity index (χ1v) is 9.66. The zero-order valence-electron chi connectivity index (χ0n) is 16.2. The van der Waals surface area contributed by atoms with Gasteiger partial charge in [-0.15, -0.1) is 0 Å². The molecule has 1 unspecified atom stereocenters. The molecule has 3 atom stereocenters. The smallest absolute Gasteiger partial charge is 0.309 e. The molecule has 1 N–H and O–H groups in total. The lowest BCUT2D eigenvalue weighted by Crippen LogP contribution is -2.30. The summed E-state index contributed by atoms with van der Waals surface area (Å²) < 4.78 is 21.5. The van der Waals surface area contributed by atoms with Gasteiger partial charge in [0.1, 0.15) is 18.0 Å². The van der Waals surface area contributed by atoms with Gasteiger partial charge in [0.05, 0.1) is 30.8 Å². The standard InChI is InChI=1S/C20H29ClO6/c1-13(2)15-10-19(27-20(15)23)17(22)12-25-11-14-5-6-16(21)18(9-14)26-8-4-7-24-3/h5-6,9,13,15,17,19,22H,4,7-8,10-12H2,1-3H3/t15-,17+,19?/m0/s1. The van der Waals surface area contributed by atoms with Crippen LogP contribution in [-0.4, -0.2) is 50.2 Å². The van der Waals surface area contributed by atoms with Crippen molar-refractivity contribution in [3.63, 3.8) is 0 Å². The van der Waals surface area contributed by atoms with Crippen LogP contribution in [0.15, 0.2) is 18.2 Å². The molecule has 0 aromatic heterocycles. The number of halogens is 1. The molecule has 0 spiro atoms. The summed E-state index contributed by atoms with van der Waals surface area (Å²) in [6.45, 7) is 5.49. The van der Waals surface area contributed by atoms with Gasteiger partial charge in [0.2, 0.25) is 0 Å². The third kappa shape index (κ3) is 6.64. The number of aliphatic hydroxyl groups is 1. The number of cyclic esters (lactones) is 1. The van der Waals surface area contributed by atoms with Crippen molar-refractivity contribution in [3.8, 4) is 5.75 Å². The number of benzene rings is 1. The van der Waals surface area contributed by atoms with Gasteiger partial charge in [-0.1, -0.05) is 31.5 Å². The number of carbonyl (C=O) groups excluding carboxylic acids is 1. The van der Waals surface area contributed by atoms with E-state index in [2.05, 4.69) is 0 Å². The number of hydrogen-bond donors (Lipinski definition) is 1. The van der Waals surface area contributed by atoms with Crippen LogP contribution in [0.25, 0.3) is 0 Å². The van der Waals surface area contributed by atoms with Gasteiger partial charge in [-0.2, -0.15) is 0 Å². The molecule has 27 heavy (non-hydrogen) atoms. The molecule has 0 aliphatic carbocycles. The Morgan fingerprint density at radius 1 is 1.33 bits per heavy atom. The highest BCUT2D eigenvalue weighted by molar-refractivity contribution is 6.32. The van der Waals surface area contributed by atoms with Crippen LogP contribution < -0.4 is 4.74 Å². The molecule has 152 valence electrons. The minimum absolute atomic E-state index is 0.0927. The van der Waals surface area contributed by atoms with Crippen molar-refractivity contribution in [1.29, 1.82) is 0 Å². The fourth-order valence-electron chi connectivity index (χ4n) is 2.95. The fraction of sp³-hybridized carbons (Fsp3) is 0.650. The number of aliphatic hydroxyl groups excluding tert-OH is 1. The van der Waals surface area contributed by atoms with Crippen LogP contribution in [0.1, 0.15) is 32.3 Å². The van der Waals surface area contributed by atoms with E-state index < -0.39 is 12.2 Å². The molecule has 2 rings (SSSR count). The highest BCUT2D eigenvalue weighted by Crippen LogP contribution is 2.30. The summed E-state index contributed by atoms with van der Waals surface area (Å²) in [4.78, 5) is 11.8. The lowest BCUT2D eigenvalue weighted by molar-refractivity contribution is -0.150. The molecule has 1 aliphatic rings. The number of rotatable bonds is 11. The summed E-state index contributed by atoms with van der Waals surface area (Å²) in [5.74, 6) is 0.409. The van der Waals surface area contributed by atoms with Crippen LogP contribution >= 0.6 is 11.6 Å². The quantitative estimate of drug-likeness (QED) is 0.454. The summed E-state index contributed by atoms with van der Waals surface area (Å²) in [6.07, 6.45) is -0.0388. The molecule has 1 aliphatic heterocycles. The lowest BCUT2D eigenvalue weighted by atomic mass is 9.91. The van der Waals surface area contributed by atoms with E-state index in [1.807, 2.05) is 26.0 Å². The summed E-state index contributed by atoms with van der Waals surface area (Å²) in [5, 5.41) is 10.8. The minimum Gasteiger partial charge on any atom is -0.492 e. The van der Waals surface area contributed by atoms with E-state index in [-0.39, 0.29) is 24.4 Å². The molecule has 0 radical (unpaired) electrons. The Hall–Kier alpha value is -1.34. The molecular weight excluding hydrogens is 372 g/mol. The number of hydrogen-bond acceptors (Lipinski definition) is 6. The molecule has 0 saturated carbocycles. The molecule has 1 heterocycles. The van der Waals surface area contributed by atoms with Gasteiger partial charge in [0.15, 0.2) is 0 Å². The second kappa shape index (κ2) is 10.9. The monoisotopic (exact) mass is 400 g/mol. The molecule has 1 aromatic rings. The van der Waals surface area contributed by atoms with E-state index in [9.17, 15) is 9.90 Å². The van der Waals surface area contributed by atoms with Gasteiger partial charge in [-0.3, -0.25) is 4.79 Å². The third-order valence-electron chi connectivity index (χ3n) is 4.59. The Labute approximate surface area is 165 Å². The van der Waals surface area contributed by atoms with Crippen molar-refractivity contribution in [2.45, 2.75) is 45.5 Å². The number of carbonyl (C=O) groups is 1. The first-order valence-electron chi connectivity index (χ1n) is 9.28. The van der Waals surface area contributed by atoms with Gasteiger partial charge in [-0.05, 0) is 23.6 Å². The summed E-state index contributed by atoms with van der Waals surface area (Å²) in [7, 11) is 1.65. The SMILES string of the molecule is COCCCOc1cc(COC[C@@H](O)C2C[C@@H](C(C)C)C(=O)O2)ccc1Cl. The van der Waals surface area contributed by atoms with Crippen LogP contribution in [0.3, 0.4) is 0 Å². The van der Waals surface area contributed by atoms with Crippen molar-refractivity contribution in [2.24, 2.45) is 11.8 Å². The van der Waals surface area contributed by atoms with E-state index in [1.165, 1.54) is 0 Å². The summed E-state index contributed by atoms with van der Waals surface area (Å²) in [5.41, 5.74) is 0.886. The molecule has 0 amide bonds. The largest absolute Gasteiger partial charge is 0.492 e.